The van der Waals surface area contributed by atoms with E-state index in [1.807, 2.05) is 72.8 Å². The molecule has 4 aromatic rings. The lowest BCUT2D eigenvalue weighted by Gasteiger charge is -2.25. The lowest BCUT2D eigenvalue weighted by molar-refractivity contribution is -0.132. The number of rotatable bonds is 16. The lowest BCUT2D eigenvalue weighted by Crippen LogP contribution is -2.57. The summed E-state index contributed by atoms with van der Waals surface area (Å²) in [5.41, 5.74) is 19.3. The largest absolute Gasteiger partial charge is 0.368 e. The lowest BCUT2D eigenvalue weighted by atomic mass is 9.99. The van der Waals surface area contributed by atoms with Crippen LogP contribution in [-0.4, -0.2) is 48.3 Å². The molecular formula is C34H40N6O4S. The van der Waals surface area contributed by atoms with Crippen molar-refractivity contribution in [2.75, 3.05) is 6.54 Å². The zero-order valence-electron chi connectivity index (χ0n) is 25.0. The van der Waals surface area contributed by atoms with Crippen LogP contribution in [0.3, 0.4) is 0 Å². The monoisotopic (exact) mass is 628 g/mol. The van der Waals surface area contributed by atoms with Gasteiger partial charge in [0, 0.05) is 19.4 Å². The third-order valence-corrected chi connectivity index (χ3v) is 8.53. The molecule has 0 saturated heterocycles. The number of nitrogens with one attached hydrogen (secondary N) is 3. The summed E-state index contributed by atoms with van der Waals surface area (Å²) in [6.07, 6.45) is 1.94. The van der Waals surface area contributed by atoms with Crippen LogP contribution in [0.5, 0.6) is 0 Å². The number of hydrogen-bond acceptors (Lipinski definition) is 7. The number of fused-ring (bicyclic) bond motifs is 1. The average molecular weight is 629 g/mol. The zero-order chi connectivity index (χ0) is 32.2. The van der Waals surface area contributed by atoms with Crippen molar-refractivity contribution in [1.29, 1.82) is 0 Å². The van der Waals surface area contributed by atoms with Crippen molar-refractivity contribution in [3.05, 3.63) is 106 Å². The highest BCUT2D eigenvalue weighted by molar-refractivity contribution is 7.12. The molecule has 0 aliphatic carbocycles. The first-order valence-corrected chi connectivity index (χ1v) is 15.9. The number of unbranched alkanes of at least 4 members (excludes halogenated alkanes) is 1. The Bertz CT molecular complexity index is 1610. The molecule has 0 aliphatic rings. The molecule has 0 fully saturated rings. The fourth-order valence-electron chi connectivity index (χ4n) is 5.11. The molecular weight excluding hydrogens is 588 g/mol. The minimum atomic E-state index is -1.05. The van der Waals surface area contributed by atoms with E-state index in [0.717, 1.165) is 21.9 Å². The molecule has 3 aromatic carbocycles. The van der Waals surface area contributed by atoms with Gasteiger partial charge in [0.15, 0.2) is 0 Å². The molecule has 0 unspecified atom stereocenters. The van der Waals surface area contributed by atoms with Crippen LogP contribution in [0.4, 0.5) is 0 Å². The van der Waals surface area contributed by atoms with Crippen molar-refractivity contribution >= 4 is 45.7 Å². The van der Waals surface area contributed by atoms with Gasteiger partial charge in [0.1, 0.15) is 18.1 Å². The fraction of sp³-hybridized carbons (Fsp3) is 0.294. The second-order valence-corrected chi connectivity index (χ2v) is 11.8. The Morgan fingerprint density at radius 3 is 2.02 bits per heavy atom. The highest BCUT2D eigenvalue weighted by Gasteiger charge is 2.30. The Hall–Kier alpha value is -4.58. The van der Waals surface area contributed by atoms with E-state index in [2.05, 4.69) is 16.0 Å². The number of carbonyl (C=O) groups is 4. The molecule has 4 rings (SSSR count). The van der Waals surface area contributed by atoms with E-state index in [4.69, 9.17) is 17.2 Å². The van der Waals surface area contributed by atoms with Gasteiger partial charge in [0.2, 0.25) is 17.7 Å². The van der Waals surface area contributed by atoms with E-state index in [1.54, 1.807) is 11.4 Å². The van der Waals surface area contributed by atoms with Gasteiger partial charge in [-0.05, 0) is 64.7 Å². The molecule has 10 nitrogen and oxygen atoms in total. The highest BCUT2D eigenvalue weighted by Crippen LogP contribution is 2.19. The first-order chi connectivity index (χ1) is 21.8. The van der Waals surface area contributed by atoms with Crippen LogP contribution in [0, 0.1) is 0 Å². The molecule has 0 spiro atoms. The van der Waals surface area contributed by atoms with Gasteiger partial charge in [-0.1, -0.05) is 72.8 Å². The van der Waals surface area contributed by atoms with Crippen LogP contribution < -0.4 is 33.2 Å². The van der Waals surface area contributed by atoms with Gasteiger partial charge in [-0.3, -0.25) is 19.2 Å². The molecule has 0 radical (unpaired) electrons. The van der Waals surface area contributed by atoms with Crippen LogP contribution in [0.1, 0.15) is 45.6 Å². The maximum absolute atomic E-state index is 14.0. The third kappa shape index (κ3) is 9.45. The minimum absolute atomic E-state index is 0.158. The standard InChI is InChI=1S/C34H40N6O4S/c35-16-7-6-12-27(31(37)41)38-32(42)28(19-22-8-2-1-3-9-22)39-33(43)29(40-34(44)30-26(21-36)15-17-45-30)20-23-13-14-24-10-4-5-11-25(24)18-23/h1-5,8-11,13-15,17-18,27-29H,6-7,12,16,19-21,35-36H2,(H2,37,41)(H,38,42)(H,39,43)(H,40,44)/t27-,28+,29+/m0/s1. The van der Waals surface area contributed by atoms with Gasteiger partial charge >= 0.3 is 0 Å². The highest BCUT2D eigenvalue weighted by atomic mass is 32.1. The van der Waals surface area contributed by atoms with E-state index in [1.165, 1.54) is 11.3 Å². The summed E-state index contributed by atoms with van der Waals surface area (Å²) in [7, 11) is 0. The zero-order valence-corrected chi connectivity index (χ0v) is 25.9. The molecule has 45 heavy (non-hydrogen) atoms. The summed E-state index contributed by atoms with van der Waals surface area (Å²) in [6, 6.07) is 21.7. The fourth-order valence-corrected chi connectivity index (χ4v) is 5.95. The second-order valence-electron chi connectivity index (χ2n) is 10.9. The van der Waals surface area contributed by atoms with Gasteiger partial charge < -0.3 is 33.2 Å². The first kappa shape index (κ1) is 33.3. The Labute approximate surface area is 266 Å². The molecule has 1 aromatic heterocycles. The van der Waals surface area contributed by atoms with Crippen molar-refractivity contribution < 1.29 is 19.2 Å². The Balaban J connectivity index is 1.60. The van der Waals surface area contributed by atoms with Crippen LogP contribution in [-0.2, 0) is 33.8 Å². The smallest absolute Gasteiger partial charge is 0.262 e. The van der Waals surface area contributed by atoms with E-state index < -0.39 is 41.8 Å². The number of amides is 4. The topological polar surface area (TPSA) is 182 Å². The summed E-state index contributed by atoms with van der Waals surface area (Å²) >= 11 is 1.24. The van der Waals surface area contributed by atoms with Crippen molar-refractivity contribution in [2.24, 2.45) is 17.2 Å². The van der Waals surface area contributed by atoms with Crippen LogP contribution in [0.15, 0.2) is 84.2 Å². The quantitative estimate of drug-likeness (QED) is 0.104. The van der Waals surface area contributed by atoms with Crippen LogP contribution in [0.25, 0.3) is 10.8 Å². The van der Waals surface area contributed by atoms with E-state index in [9.17, 15) is 19.2 Å². The molecule has 0 saturated carbocycles. The van der Waals surface area contributed by atoms with Crippen LogP contribution >= 0.6 is 11.3 Å². The first-order valence-electron chi connectivity index (χ1n) is 15.0. The third-order valence-electron chi connectivity index (χ3n) is 7.57. The van der Waals surface area contributed by atoms with Crippen molar-refractivity contribution in [1.82, 2.24) is 16.0 Å². The maximum Gasteiger partial charge on any atom is 0.262 e. The van der Waals surface area contributed by atoms with E-state index in [-0.39, 0.29) is 19.4 Å². The molecule has 3 atom stereocenters. The maximum atomic E-state index is 14.0. The summed E-state index contributed by atoms with van der Waals surface area (Å²) in [5, 5.41) is 12.3. The number of carbonyl (C=O) groups excluding carboxylic acids is 4. The van der Waals surface area contributed by atoms with E-state index >= 15 is 0 Å². The van der Waals surface area contributed by atoms with Crippen molar-refractivity contribution in [3.63, 3.8) is 0 Å². The van der Waals surface area contributed by atoms with Gasteiger partial charge in [-0.25, -0.2) is 0 Å². The number of thiophene rings is 1. The van der Waals surface area contributed by atoms with Crippen molar-refractivity contribution in [2.45, 2.75) is 56.8 Å². The second kappa shape index (κ2) is 16.5. The molecule has 236 valence electrons. The van der Waals surface area contributed by atoms with Gasteiger partial charge in [-0.2, -0.15) is 0 Å². The Morgan fingerprint density at radius 2 is 1.33 bits per heavy atom. The molecule has 0 aliphatic heterocycles. The molecule has 9 N–H and O–H groups in total. The summed E-state index contributed by atoms with van der Waals surface area (Å²) in [6.45, 7) is 0.633. The predicted molar refractivity (Wildman–Crippen MR) is 177 cm³/mol. The SMILES string of the molecule is NCCCC[C@H](NC(=O)[C@@H](Cc1ccccc1)NC(=O)[C@@H](Cc1ccc2ccccc2c1)NC(=O)c1sccc1CN)C(N)=O. The van der Waals surface area contributed by atoms with Crippen LogP contribution in [0.2, 0.25) is 0 Å². The summed E-state index contributed by atoms with van der Waals surface area (Å²) < 4.78 is 0. The average Bonchev–Trinajstić information content (AvgIpc) is 3.53. The number of benzene rings is 3. The number of nitrogens with two attached hydrogens (primary N) is 3. The number of hydrogen-bond donors (Lipinski definition) is 6. The normalized spacial score (nSPS) is 13.0. The molecule has 4 amide bonds. The van der Waals surface area contributed by atoms with Gasteiger partial charge in [0.05, 0.1) is 4.88 Å². The molecule has 1 heterocycles. The Morgan fingerprint density at radius 1 is 0.689 bits per heavy atom. The Kier molecular flexibility index (Phi) is 12.2. The molecule has 11 heteroatoms. The number of primary amides is 1. The van der Waals surface area contributed by atoms with Gasteiger partial charge in [-0.15, -0.1) is 11.3 Å². The summed E-state index contributed by atoms with van der Waals surface area (Å²) in [4.78, 5) is 53.5. The molecule has 0 bridgehead atoms. The van der Waals surface area contributed by atoms with Crippen molar-refractivity contribution in [3.8, 4) is 0 Å². The van der Waals surface area contributed by atoms with E-state index in [0.29, 0.717) is 36.2 Å². The predicted octanol–water partition coefficient (Wildman–Crippen LogP) is 2.53. The minimum Gasteiger partial charge on any atom is -0.368 e. The summed E-state index contributed by atoms with van der Waals surface area (Å²) in [5.74, 6) is -2.19. The van der Waals surface area contributed by atoms with Gasteiger partial charge in [0.25, 0.3) is 5.91 Å².